The number of carbonyl (C=O) groups is 1. The number of hydrogen-bond acceptors (Lipinski definition) is 2. The van der Waals surface area contributed by atoms with Gasteiger partial charge in [-0.3, -0.25) is 4.79 Å². The lowest BCUT2D eigenvalue weighted by molar-refractivity contribution is -0.173. The van der Waals surface area contributed by atoms with Gasteiger partial charge in [0.25, 0.3) is 0 Å². The first kappa shape index (κ1) is 13.2. The van der Waals surface area contributed by atoms with Crippen LogP contribution in [0.2, 0.25) is 0 Å². The Labute approximate surface area is 109 Å². The van der Waals surface area contributed by atoms with Gasteiger partial charge in [0.2, 0.25) is 0 Å². The molecule has 1 aromatic carbocycles. The number of halogens is 4. The smallest absolute Gasteiger partial charge is 0.471 e. The van der Waals surface area contributed by atoms with Gasteiger partial charge in [0, 0.05) is 23.0 Å². The molecule has 0 bridgehead atoms. The van der Waals surface area contributed by atoms with E-state index in [4.69, 9.17) is 4.74 Å². The Morgan fingerprint density at radius 1 is 1.44 bits per heavy atom. The van der Waals surface area contributed by atoms with Crippen molar-refractivity contribution in [2.45, 2.75) is 19.1 Å². The van der Waals surface area contributed by atoms with Crippen molar-refractivity contribution in [3.8, 4) is 5.75 Å². The van der Waals surface area contributed by atoms with Gasteiger partial charge in [-0.2, -0.15) is 13.2 Å². The first-order valence-electron chi connectivity index (χ1n) is 5.17. The molecule has 1 aromatic rings. The fourth-order valence-corrected chi connectivity index (χ4v) is 2.31. The van der Waals surface area contributed by atoms with Crippen molar-refractivity contribution in [3.05, 3.63) is 27.7 Å². The fourth-order valence-electron chi connectivity index (χ4n) is 1.75. The molecule has 7 heteroatoms. The number of hydrogen-bond donors (Lipinski definition) is 1. The van der Waals surface area contributed by atoms with Crippen LogP contribution in [0.15, 0.2) is 16.6 Å². The lowest BCUT2D eigenvalue weighted by Gasteiger charge is -2.11. The number of alkyl halides is 3. The SMILES string of the molecule is O=C(NCc1cc(Br)cc2c1OCC2)C(F)(F)F. The van der Waals surface area contributed by atoms with Crippen LogP contribution < -0.4 is 10.1 Å². The molecule has 98 valence electrons. The van der Waals surface area contributed by atoms with Gasteiger partial charge in [-0.05, 0) is 17.7 Å². The molecule has 1 aliphatic heterocycles. The normalized spacial score (nSPS) is 14.0. The maximum absolute atomic E-state index is 12.1. The lowest BCUT2D eigenvalue weighted by atomic mass is 10.1. The number of rotatable bonds is 2. The predicted octanol–water partition coefficient (Wildman–Crippen LogP) is 2.56. The van der Waals surface area contributed by atoms with E-state index >= 15 is 0 Å². The first-order valence-corrected chi connectivity index (χ1v) is 5.96. The molecule has 0 fully saturated rings. The molecule has 1 aliphatic rings. The molecule has 1 amide bonds. The molecule has 2 rings (SSSR count). The Bertz CT molecular complexity index is 488. The molecule has 0 aromatic heterocycles. The zero-order valence-corrected chi connectivity index (χ0v) is 10.7. The van der Waals surface area contributed by atoms with Gasteiger partial charge in [-0.1, -0.05) is 15.9 Å². The molecule has 0 atom stereocenters. The van der Waals surface area contributed by atoms with Crippen molar-refractivity contribution in [1.82, 2.24) is 5.32 Å². The fraction of sp³-hybridized carbons (Fsp3) is 0.364. The summed E-state index contributed by atoms with van der Waals surface area (Å²) < 4.78 is 42.3. The summed E-state index contributed by atoms with van der Waals surface area (Å²) in [7, 11) is 0. The summed E-state index contributed by atoms with van der Waals surface area (Å²) in [6.45, 7) is 0.298. The van der Waals surface area contributed by atoms with E-state index < -0.39 is 12.1 Å². The van der Waals surface area contributed by atoms with Gasteiger partial charge >= 0.3 is 12.1 Å². The number of fused-ring (bicyclic) bond motifs is 1. The molecular formula is C11H9BrF3NO2. The molecule has 0 saturated carbocycles. The van der Waals surface area contributed by atoms with E-state index in [1.165, 1.54) is 0 Å². The van der Waals surface area contributed by atoms with Crippen LogP contribution in [0.3, 0.4) is 0 Å². The standard InChI is InChI=1S/C11H9BrF3NO2/c12-8-3-6-1-2-18-9(6)7(4-8)5-16-10(17)11(13,14)15/h3-4H,1-2,5H2,(H,16,17). The zero-order chi connectivity index (χ0) is 13.3. The number of amides is 1. The summed E-state index contributed by atoms with van der Waals surface area (Å²) in [4.78, 5) is 10.7. The number of ether oxygens (including phenoxy) is 1. The third kappa shape index (κ3) is 2.77. The molecule has 0 saturated heterocycles. The van der Waals surface area contributed by atoms with Gasteiger partial charge in [0.05, 0.1) is 6.61 Å². The Hall–Kier alpha value is -1.24. The van der Waals surface area contributed by atoms with Crippen LogP contribution >= 0.6 is 15.9 Å². The average Bonchev–Trinajstić information content (AvgIpc) is 2.71. The third-order valence-electron chi connectivity index (χ3n) is 2.52. The summed E-state index contributed by atoms with van der Waals surface area (Å²) in [5, 5.41) is 1.83. The van der Waals surface area contributed by atoms with Crippen molar-refractivity contribution < 1.29 is 22.7 Å². The van der Waals surface area contributed by atoms with E-state index in [0.29, 0.717) is 17.9 Å². The van der Waals surface area contributed by atoms with Crippen molar-refractivity contribution in [2.24, 2.45) is 0 Å². The minimum absolute atomic E-state index is 0.208. The van der Waals surface area contributed by atoms with Gasteiger partial charge in [-0.15, -0.1) is 0 Å². The Morgan fingerprint density at radius 2 is 2.17 bits per heavy atom. The topological polar surface area (TPSA) is 38.3 Å². The highest BCUT2D eigenvalue weighted by Crippen LogP contribution is 2.33. The number of benzene rings is 1. The number of carbonyl (C=O) groups excluding carboxylic acids is 1. The summed E-state index contributed by atoms with van der Waals surface area (Å²) in [5.41, 5.74) is 1.47. The van der Waals surface area contributed by atoms with E-state index in [2.05, 4.69) is 15.9 Å². The van der Waals surface area contributed by atoms with Crippen LogP contribution in [0.5, 0.6) is 5.75 Å². The van der Waals surface area contributed by atoms with Crippen molar-refractivity contribution in [3.63, 3.8) is 0 Å². The third-order valence-corrected chi connectivity index (χ3v) is 2.98. The van der Waals surface area contributed by atoms with Crippen molar-refractivity contribution in [2.75, 3.05) is 6.61 Å². The highest BCUT2D eigenvalue weighted by molar-refractivity contribution is 9.10. The minimum atomic E-state index is -4.87. The average molecular weight is 324 g/mol. The van der Waals surface area contributed by atoms with E-state index in [1.54, 1.807) is 6.07 Å². The van der Waals surface area contributed by atoms with Crippen LogP contribution in [-0.4, -0.2) is 18.7 Å². The van der Waals surface area contributed by atoms with Gasteiger partial charge in [0.15, 0.2) is 0 Å². The maximum atomic E-state index is 12.1. The summed E-state index contributed by atoms with van der Waals surface area (Å²) in [6, 6.07) is 3.50. The van der Waals surface area contributed by atoms with Gasteiger partial charge in [0.1, 0.15) is 5.75 Å². The highest BCUT2D eigenvalue weighted by atomic mass is 79.9. The van der Waals surface area contributed by atoms with Gasteiger partial charge < -0.3 is 10.1 Å². The first-order chi connectivity index (χ1) is 8.38. The Morgan fingerprint density at radius 3 is 2.83 bits per heavy atom. The molecular weight excluding hydrogens is 315 g/mol. The van der Waals surface area contributed by atoms with Crippen LogP contribution in [0.1, 0.15) is 11.1 Å². The van der Waals surface area contributed by atoms with Crippen LogP contribution in [0.25, 0.3) is 0 Å². The largest absolute Gasteiger partial charge is 0.493 e. The van der Waals surface area contributed by atoms with E-state index in [0.717, 1.165) is 16.5 Å². The van der Waals surface area contributed by atoms with Crippen LogP contribution in [0, 0.1) is 0 Å². The summed E-state index contributed by atoms with van der Waals surface area (Å²) >= 11 is 3.27. The van der Waals surface area contributed by atoms with Crippen LogP contribution in [0.4, 0.5) is 13.2 Å². The zero-order valence-electron chi connectivity index (χ0n) is 9.10. The van der Waals surface area contributed by atoms with E-state index in [-0.39, 0.29) is 6.54 Å². The van der Waals surface area contributed by atoms with Crippen molar-refractivity contribution in [1.29, 1.82) is 0 Å². The molecule has 0 aliphatic carbocycles. The van der Waals surface area contributed by atoms with Crippen molar-refractivity contribution >= 4 is 21.8 Å². The monoisotopic (exact) mass is 323 g/mol. The summed E-state index contributed by atoms with van der Waals surface area (Å²) in [6.07, 6.45) is -4.15. The van der Waals surface area contributed by atoms with E-state index in [1.807, 2.05) is 11.4 Å². The predicted molar refractivity (Wildman–Crippen MR) is 61.2 cm³/mol. The quantitative estimate of drug-likeness (QED) is 0.908. The molecule has 3 nitrogen and oxygen atoms in total. The second kappa shape index (κ2) is 4.79. The molecule has 0 radical (unpaired) electrons. The van der Waals surface area contributed by atoms with Gasteiger partial charge in [-0.25, -0.2) is 0 Å². The second-order valence-corrected chi connectivity index (χ2v) is 4.75. The minimum Gasteiger partial charge on any atom is -0.493 e. The molecule has 0 unspecified atom stereocenters. The second-order valence-electron chi connectivity index (χ2n) is 3.83. The Balaban J connectivity index is 2.13. The number of nitrogens with one attached hydrogen (secondary N) is 1. The molecule has 1 N–H and O–H groups in total. The van der Waals surface area contributed by atoms with E-state index in [9.17, 15) is 18.0 Å². The molecule has 0 spiro atoms. The summed E-state index contributed by atoms with van der Waals surface area (Å²) in [5.74, 6) is -1.38. The Kier molecular flexibility index (Phi) is 3.52. The molecule has 1 heterocycles. The molecule has 18 heavy (non-hydrogen) atoms. The van der Waals surface area contributed by atoms with Crippen LogP contribution in [-0.2, 0) is 17.8 Å². The lowest BCUT2D eigenvalue weighted by Crippen LogP contribution is -2.36. The maximum Gasteiger partial charge on any atom is 0.471 e. The highest BCUT2D eigenvalue weighted by Gasteiger charge is 2.38.